The zero-order chi connectivity index (χ0) is 16.8. The van der Waals surface area contributed by atoms with E-state index in [1.165, 1.54) is 0 Å². The number of benzene rings is 1. The Morgan fingerprint density at radius 1 is 1.65 bits per heavy atom. The lowest BCUT2D eigenvalue weighted by Crippen LogP contribution is -2.53. The van der Waals surface area contributed by atoms with Crippen LogP contribution in [0.2, 0.25) is 0 Å². The number of terminal acetylenes is 1. The van der Waals surface area contributed by atoms with Gasteiger partial charge in [-0.05, 0) is 18.9 Å². The summed E-state index contributed by atoms with van der Waals surface area (Å²) in [4.78, 5) is 11.8. The van der Waals surface area contributed by atoms with Crippen LogP contribution in [0.15, 0.2) is 18.2 Å². The van der Waals surface area contributed by atoms with Gasteiger partial charge in [-0.1, -0.05) is 18.2 Å². The number of fused-ring (bicyclic) bond motifs is 1. The van der Waals surface area contributed by atoms with Crippen molar-refractivity contribution in [1.29, 1.82) is 0 Å². The Bertz CT molecular complexity index is 601. The van der Waals surface area contributed by atoms with Crippen molar-refractivity contribution in [1.82, 2.24) is 5.32 Å². The third-order valence-electron chi connectivity index (χ3n) is 3.58. The van der Waals surface area contributed by atoms with E-state index in [9.17, 15) is 14.9 Å². The van der Waals surface area contributed by atoms with Crippen LogP contribution in [0.5, 0.6) is 5.75 Å². The molecule has 0 radical (unpaired) electrons. The summed E-state index contributed by atoms with van der Waals surface area (Å²) in [6.07, 6.45) is 4.95. The summed E-state index contributed by atoms with van der Waals surface area (Å²) in [5.74, 6) is 2.00. The van der Waals surface area contributed by atoms with Gasteiger partial charge in [-0.25, -0.2) is 0 Å². The number of carbonyl (C=O) groups excluding carboxylic acids is 1. The molecule has 1 aliphatic heterocycles. The molecule has 0 fully saturated rings. The van der Waals surface area contributed by atoms with Gasteiger partial charge in [0.05, 0.1) is 5.94 Å². The van der Waals surface area contributed by atoms with Gasteiger partial charge in [0.15, 0.2) is 6.29 Å². The number of carbonyl (C=O) groups is 1. The fraction of sp³-hybridized carbons (Fsp3) is 0.438. The molecule has 0 aromatic heterocycles. The third-order valence-corrected chi connectivity index (χ3v) is 3.58. The first-order valence-electron chi connectivity index (χ1n) is 7.55. The molecular formula is C16H20BNO5. The lowest BCUT2D eigenvalue weighted by Gasteiger charge is -2.30. The van der Waals surface area contributed by atoms with Crippen LogP contribution in [0.4, 0.5) is 0 Å². The van der Waals surface area contributed by atoms with Gasteiger partial charge in [0, 0.05) is 25.0 Å². The SMILES string of the molecule is C#CCCC(=O)N[C@H]1Cc2cccc(C(O)OCC)c2OB1O. The maximum absolute atomic E-state index is 11.8. The summed E-state index contributed by atoms with van der Waals surface area (Å²) in [5.41, 5.74) is 1.24. The van der Waals surface area contributed by atoms with Gasteiger partial charge in [0.1, 0.15) is 5.75 Å². The molecule has 1 amide bonds. The number of ether oxygens (including phenoxy) is 1. The highest BCUT2D eigenvalue weighted by molar-refractivity contribution is 6.46. The van der Waals surface area contributed by atoms with E-state index in [-0.39, 0.29) is 12.3 Å². The lowest BCUT2D eigenvalue weighted by atomic mass is 9.72. The topological polar surface area (TPSA) is 88.0 Å². The van der Waals surface area contributed by atoms with E-state index in [1.54, 1.807) is 19.1 Å². The molecule has 1 aliphatic rings. The van der Waals surface area contributed by atoms with Gasteiger partial charge in [0.25, 0.3) is 0 Å². The second-order valence-corrected chi connectivity index (χ2v) is 5.23. The molecule has 1 aromatic rings. The maximum Gasteiger partial charge on any atom is 0.547 e. The molecule has 122 valence electrons. The van der Waals surface area contributed by atoms with Gasteiger partial charge >= 0.3 is 7.12 Å². The smallest absolute Gasteiger partial charge is 0.534 e. The van der Waals surface area contributed by atoms with E-state index >= 15 is 0 Å². The molecule has 0 saturated heterocycles. The zero-order valence-corrected chi connectivity index (χ0v) is 13.0. The number of aliphatic hydroxyl groups excluding tert-OH is 1. The first-order valence-corrected chi connectivity index (χ1v) is 7.55. The Balaban J connectivity index is 2.13. The van der Waals surface area contributed by atoms with Crippen molar-refractivity contribution < 1.29 is 24.3 Å². The highest BCUT2D eigenvalue weighted by atomic mass is 16.6. The van der Waals surface area contributed by atoms with Gasteiger partial charge in [0.2, 0.25) is 5.91 Å². The monoisotopic (exact) mass is 317 g/mol. The van der Waals surface area contributed by atoms with Crippen molar-refractivity contribution >= 4 is 13.0 Å². The van der Waals surface area contributed by atoms with E-state index in [2.05, 4.69) is 11.2 Å². The van der Waals surface area contributed by atoms with Crippen LogP contribution in [0.3, 0.4) is 0 Å². The average molecular weight is 317 g/mol. The fourth-order valence-electron chi connectivity index (χ4n) is 2.48. The van der Waals surface area contributed by atoms with Crippen LogP contribution in [0.1, 0.15) is 37.2 Å². The molecule has 0 bridgehead atoms. The standard InChI is InChI=1S/C16H20BNO5/c1-3-5-9-14(19)18-13-10-11-7-6-8-12(16(20)22-4-2)15(11)23-17(13)21/h1,6-8,13,16,20-21H,4-5,9-10H2,2H3,(H,18,19)/t13-,16?/m0/s1. The second-order valence-electron chi connectivity index (χ2n) is 5.23. The normalized spacial score (nSPS) is 17.7. The van der Waals surface area contributed by atoms with E-state index in [0.717, 1.165) is 5.56 Å². The maximum atomic E-state index is 11.8. The van der Waals surface area contributed by atoms with Crippen molar-refractivity contribution in [2.45, 2.75) is 38.4 Å². The third kappa shape index (κ3) is 4.26. The molecule has 6 nitrogen and oxygen atoms in total. The Kier molecular flexibility index (Phi) is 6.05. The average Bonchev–Trinajstić information content (AvgIpc) is 2.53. The van der Waals surface area contributed by atoms with Crippen LogP contribution in [-0.4, -0.2) is 35.7 Å². The Hall–Kier alpha value is -2.01. The summed E-state index contributed by atoms with van der Waals surface area (Å²) in [5, 5.41) is 22.8. The zero-order valence-electron chi connectivity index (χ0n) is 13.0. The van der Waals surface area contributed by atoms with Crippen molar-refractivity contribution in [3.8, 4) is 18.1 Å². The van der Waals surface area contributed by atoms with Crippen molar-refractivity contribution in [3.05, 3.63) is 29.3 Å². The van der Waals surface area contributed by atoms with Crippen LogP contribution < -0.4 is 9.97 Å². The number of aliphatic hydroxyl groups is 1. The fourth-order valence-corrected chi connectivity index (χ4v) is 2.48. The molecule has 23 heavy (non-hydrogen) atoms. The van der Waals surface area contributed by atoms with E-state index < -0.39 is 19.3 Å². The van der Waals surface area contributed by atoms with Crippen LogP contribution in [0, 0.1) is 12.3 Å². The number of nitrogens with one attached hydrogen (secondary N) is 1. The van der Waals surface area contributed by atoms with Crippen molar-refractivity contribution in [3.63, 3.8) is 0 Å². The highest BCUT2D eigenvalue weighted by Gasteiger charge is 2.37. The molecule has 1 heterocycles. The Morgan fingerprint density at radius 2 is 2.43 bits per heavy atom. The molecular weight excluding hydrogens is 297 g/mol. The first-order chi connectivity index (χ1) is 11.1. The minimum absolute atomic E-state index is 0.204. The number of hydrogen-bond acceptors (Lipinski definition) is 5. The first kappa shape index (κ1) is 17.4. The number of amides is 1. The highest BCUT2D eigenvalue weighted by Crippen LogP contribution is 2.34. The largest absolute Gasteiger partial charge is 0.547 e. The minimum Gasteiger partial charge on any atom is -0.534 e. The van der Waals surface area contributed by atoms with E-state index in [1.807, 2.05) is 6.07 Å². The molecule has 2 atom stereocenters. The van der Waals surface area contributed by atoms with Crippen LogP contribution in [-0.2, 0) is 16.0 Å². The summed E-state index contributed by atoms with van der Waals surface area (Å²) < 4.78 is 10.7. The van der Waals surface area contributed by atoms with Crippen LogP contribution in [0.25, 0.3) is 0 Å². The molecule has 0 aliphatic carbocycles. The predicted molar refractivity (Wildman–Crippen MR) is 85.3 cm³/mol. The molecule has 7 heteroatoms. The Morgan fingerprint density at radius 3 is 3.13 bits per heavy atom. The summed E-state index contributed by atoms with van der Waals surface area (Å²) in [6.45, 7) is 2.12. The number of rotatable bonds is 6. The van der Waals surface area contributed by atoms with Gasteiger partial charge in [-0.3, -0.25) is 4.79 Å². The van der Waals surface area contributed by atoms with Gasteiger partial charge in [-0.2, -0.15) is 0 Å². The lowest BCUT2D eigenvalue weighted by molar-refractivity contribution is -0.121. The van der Waals surface area contributed by atoms with E-state index in [4.69, 9.17) is 15.8 Å². The molecule has 1 aromatic carbocycles. The van der Waals surface area contributed by atoms with Crippen molar-refractivity contribution in [2.75, 3.05) is 6.61 Å². The summed E-state index contributed by atoms with van der Waals surface area (Å²) in [6, 6.07) is 5.27. The second kappa shape index (κ2) is 8.02. The Labute approximate surface area is 135 Å². The summed E-state index contributed by atoms with van der Waals surface area (Å²) >= 11 is 0. The molecule has 1 unspecified atom stereocenters. The van der Waals surface area contributed by atoms with Crippen LogP contribution >= 0.6 is 0 Å². The quantitative estimate of drug-likeness (QED) is 0.405. The predicted octanol–water partition coefficient (Wildman–Crippen LogP) is 0.567. The number of hydrogen-bond donors (Lipinski definition) is 3. The molecule has 0 saturated carbocycles. The molecule has 0 spiro atoms. The molecule has 2 rings (SSSR count). The van der Waals surface area contributed by atoms with Gasteiger partial charge in [-0.15, -0.1) is 12.3 Å². The number of para-hydroxylation sites is 1. The van der Waals surface area contributed by atoms with Crippen molar-refractivity contribution in [2.24, 2.45) is 0 Å². The minimum atomic E-state index is -1.20. The van der Waals surface area contributed by atoms with Gasteiger partial charge < -0.3 is 24.8 Å². The molecule has 3 N–H and O–H groups in total. The van der Waals surface area contributed by atoms with E-state index in [0.29, 0.717) is 30.8 Å². The summed E-state index contributed by atoms with van der Waals surface area (Å²) in [7, 11) is -1.20.